The predicted molar refractivity (Wildman–Crippen MR) is 381 cm³/mol. The zero-order valence-corrected chi connectivity index (χ0v) is 49.7. The molecular formula is C87H56N4. The van der Waals surface area contributed by atoms with Gasteiger partial charge in [-0.2, -0.15) is 0 Å². The van der Waals surface area contributed by atoms with Crippen molar-refractivity contribution in [3.8, 4) is 50.7 Å². The highest BCUT2D eigenvalue weighted by Crippen LogP contribution is 2.47. The van der Waals surface area contributed by atoms with Gasteiger partial charge in [0.2, 0.25) is 0 Å². The third-order valence-corrected chi connectivity index (χ3v) is 19.6. The van der Waals surface area contributed by atoms with Crippen LogP contribution in [0, 0.1) is 5.92 Å². The topological polar surface area (TPSA) is 27.7 Å². The normalized spacial score (nSPS) is 14.0. The van der Waals surface area contributed by atoms with Crippen LogP contribution >= 0.6 is 0 Å². The van der Waals surface area contributed by atoms with Crippen LogP contribution in [-0.4, -0.2) is 18.7 Å². The molecule has 0 N–H and O–H groups in total. The van der Waals surface area contributed by atoms with Gasteiger partial charge in [-0.1, -0.05) is 231 Å². The van der Waals surface area contributed by atoms with Gasteiger partial charge in [-0.3, -0.25) is 4.57 Å². The van der Waals surface area contributed by atoms with E-state index in [0.717, 1.165) is 45.9 Å². The van der Waals surface area contributed by atoms with Crippen LogP contribution in [0.1, 0.15) is 17.5 Å². The molecule has 4 heteroatoms. The van der Waals surface area contributed by atoms with Crippen LogP contribution in [0.15, 0.2) is 327 Å². The molecular weight excluding hydrogens is 1100 g/mol. The quantitative estimate of drug-likeness (QED) is 0.139. The minimum absolute atomic E-state index is 0.140. The first-order valence-electron chi connectivity index (χ1n) is 31.6. The molecule has 4 nitrogen and oxygen atoms in total. The molecule has 3 heterocycles. The van der Waals surface area contributed by atoms with Crippen LogP contribution in [0.25, 0.3) is 149 Å². The number of fused-ring (bicyclic) bond motifs is 12. The summed E-state index contributed by atoms with van der Waals surface area (Å²) in [4.78, 5) is 5.22. The summed E-state index contributed by atoms with van der Waals surface area (Å²) >= 11 is 0. The zero-order chi connectivity index (χ0) is 59.7. The highest BCUT2D eigenvalue weighted by atomic mass is 15.1. The summed E-state index contributed by atoms with van der Waals surface area (Å²) in [5.74, 6) is 1.07. The Balaban J connectivity index is 0.803. The smallest absolute Gasteiger partial charge is 0.145 e. The van der Waals surface area contributed by atoms with E-state index in [1.807, 2.05) is 0 Å². The summed E-state index contributed by atoms with van der Waals surface area (Å²) in [7, 11) is 0. The van der Waals surface area contributed by atoms with Gasteiger partial charge in [-0.25, -0.2) is 4.98 Å². The van der Waals surface area contributed by atoms with E-state index < -0.39 is 0 Å². The van der Waals surface area contributed by atoms with Crippen LogP contribution in [0.3, 0.4) is 0 Å². The first-order valence-corrected chi connectivity index (χ1v) is 31.6. The van der Waals surface area contributed by atoms with Gasteiger partial charge in [0.25, 0.3) is 0 Å². The van der Waals surface area contributed by atoms with Gasteiger partial charge in [-0.05, 0) is 190 Å². The largest absolute Gasteiger partial charge is 0.309 e. The Morgan fingerprint density at radius 1 is 0.308 bits per heavy atom. The Bertz CT molecular complexity index is 5930. The molecule has 424 valence electrons. The van der Waals surface area contributed by atoms with E-state index in [9.17, 15) is 0 Å². The third-order valence-electron chi connectivity index (χ3n) is 19.6. The Morgan fingerprint density at radius 2 is 0.725 bits per heavy atom. The molecule has 2 aliphatic rings. The number of hydrogen-bond donors (Lipinski definition) is 0. The van der Waals surface area contributed by atoms with Crippen molar-refractivity contribution < 1.29 is 0 Å². The number of nitrogens with zero attached hydrogens (tertiary/aromatic N) is 4. The van der Waals surface area contributed by atoms with Gasteiger partial charge in [0.05, 0.1) is 33.1 Å². The number of para-hydroxylation sites is 7. The lowest BCUT2D eigenvalue weighted by Crippen LogP contribution is -2.38. The van der Waals surface area contributed by atoms with Crippen LogP contribution in [0.4, 0.5) is 0 Å². The summed E-state index contributed by atoms with van der Waals surface area (Å²) in [5.41, 5.74) is 22.7. The molecule has 0 fully saturated rings. The van der Waals surface area contributed by atoms with E-state index in [4.69, 9.17) is 4.98 Å². The lowest BCUT2D eigenvalue weighted by molar-refractivity contribution is 0.797. The summed E-state index contributed by atoms with van der Waals surface area (Å²) < 4.78 is 7.12. The number of allylic oxidation sites excluding steroid dienone is 4. The van der Waals surface area contributed by atoms with Crippen molar-refractivity contribution in [1.29, 1.82) is 0 Å². The van der Waals surface area contributed by atoms with Gasteiger partial charge >= 0.3 is 0 Å². The van der Waals surface area contributed by atoms with Crippen molar-refractivity contribution in [3.63, 3.8) is 0 Å². The number of hydrogen-bond acceptors (Lipinski definition) is 1. The summed E-state index contributed by atoms with van der Waals surface area (Å²) in [5, 5.41) is 14.8. The monoisotopic (exact) mass is 1160 g/mol. The second-order valence-corrected chi connectivity index (χ2v) is 24.4. The van der Waals surface area contributed by atoms with E-state index >= 15 is 0 Å². The van der Waals surface area contributed by atoms with Crippen LogP contribution < -0.4 is 10.4 Å². The van der Waals surface area contributed by atoms with Crippen molar-refractivity contribution in [2.75, 3.05) is 0 Å². The SMILES string of the molecule is C1=CCC2C(=C1)C(c1ccc(-n3c4ccccc4c4ccccc43)cc1)=c1cc(-c3c4ccccc4c(-c4ccc5cc(-c6nc7ccccc7n6-c6ccccc6)ccc5c4)c4ccccc34)ccc1=C2c1ccc(-n2c3ccccc3c3ccccc32)cc1. The molecule has 0 bridgehead atoms. The molecule has 17 aromatic rings. The number of rotatable bonds is 8. The minimum Gasteiger partial charge on any atom is -0.309 e. The maximum absolute atomic E-state index is 5.22. The van der Waals surface area contributed by atoms with E-state index in [-0.39, 0.29) is 5.92 Å². The maximum atomic E-state index is 5.22. The standard InChI is InChI=1S/C87H56N4/c1-2-20-62(21-3-1)91-82-37-19-14-32-77(82)88-87(91)61-41-39-57-52-59(40-38-58(57)53-61)85-71-28-6-8-30-73(71)86(74-31-9-7-29-72(74)85)60-46-51-75-76(54-60)84(56-44-49-64(50-45-56)90-80-35-17-12-24-67(80)68-25-13-18-36-81(68)90)70-27-5-4-26-69(70)83(75)55-42-47-63(48-43-55)89-78-33-15-10-22-65(78)66-23-11-16-34-79(66)89/h1-25,27-54,69H,26H2. The first kappa shape index (κ1) is 51.2. The fourth-order valence-corrected chi connectivity index (χ4v) is 15.6. The van der Waals surface area contributed by atoms with E-state index in [0.29, 0.717) is 0 Å². The molecule has 19 rings (SSSR count). The molecule has 0 saturated carbocycles. The molecule has 0 saturated heterocycles. The molecule has 0 aliphatic heterocycles. The lowest BCUT2D eigenvalue weighted by Gasteiger charge is -2.31. The van der Waals surface area contributed by atoms with Crippen LogP contribution in [0.5, 0.6) is 0 Å². The lowest BCUT2D eigenvalue weighted by atomic mass is 9.72. The number of benzene rings is 14. The Morgan fingerprint density at radius 3 is 1.27 bits per heavy atom. The van der Waals surface area contributed by atoms with Crippen molar-refractivity contribution in [3.05, 3.63) is 349 Å². The molecule has 1 unspecified atom stereocenters. The molecule has 3 aromatic heterocycles. The fraction of sp³-hybridized carbons (Fsp3) is 0.0230. The van der Waals surface area contributed by atoms with E-state index in [1.54, 1.807) is 0 Å². The molecule has 0 radical (unpaired) electrons. The molecule has 2 aliphatic carbocycles. The van der Waals surface area contributed by atoms with Crippen molar-refractivity contribution in [2.24, 2.45) is 5.92 Å². The molecule has 14 aromatic carbocycles. The Labute approximate surface area is 525 Å². The number of imidazole rings is 1. The van der Waals surface area contributed by atoms with E-state index in [1.165, 1.54) is 136 Å². The highest BCUT2D eigenvalue weighted by molar-refractivity contribution is 6.22. The van der Waals surface area contributed by atoms with Crippen molar-refractivity contribution >= 4 is 98.1 Å². The zero-order valence-electron chi connectivity index (χ0n) is 49.7. The maximum Gasteiger partial charge on any atom is 0.145 e. The van der Waals surface area contributed by atoms with Gasteiger partial charge < -0.3 is 9.13 Å². The first-order chi connectivity index (χ1) is 45.2. The summed E-state index contributed by atoms with van der Waals surface area (Å²) in [6.07, 6.45) is 7.95. The summed E-state index contributed by atoms with van der Waals surface area (Å²) in [6, 6.07) is 112. The molecule has 91 heavy (non-hydrogen) atoms. The Hall–Kier alpha value is -11.9. The van der Waals surface area contributed by atoms with Gasteiger partial charge in [-0.15, -0.1) is 0 Å². The second kappa shape index (κ2) is 20.4. The predicted octanol–water partition coefficient (Wildman–Crippen LogP) is 20.6. The van der Waals surface area contributed by atoms with Crippen LogP contribution in [0.2, 0.25) is 0 Å². The molecule has 0 spiro atoms. The fourth-order valence-electron chi connectivity index (χ4n) is 15.6. The van der Waals surface area contributed by atoms with E-state index in [2.05, 4.69) is 335 Å². The van der Waals surface area contributed by atoms with Gasteiger partial charge in [0.15, 0.2) is 0 Å². The average molecular weight is 1160 g/mol. The highest BCUT2D eigenvalue weighted by Gasteiger charge is 2.31. The molecule has 0 amide bonds. The average Bonchev–Trinajstić information content (AvgIpc) is 1.59. The molecule has 1 atom stereocenters. The number of aromatic nitrogens is 4. The summed E-state index contributed by atoms with van der Waals surface area (Å²) in [6.45, 7) is 0. The van der Waals surface area contributed by atoms with Gasteiger partial charge in [0.1, 0.15) is 5.82 Å². The Kier molecular flexibility index (Phi) is 11.5. The minimum atomic E-state index is 0.140. The third kappa shape index (κ3) is 7.92. The second-order valence-electron chi connectivity index (χ2n) is 24.4. The van der Waals surface area contributed by atoms with Gasteiger partial charge in [0, 0.05) is 50.1 Å². The van der Waals surface area contributed by atoms with Crippen molar-refractivity contribution in [2.45, 2.75) is 6.42 Å². The van der Waals surface area contributed by atoms with Crippen molar-refractivity contribution in [1.82, 2.24) is 18.7 Å². The van der Waals surface area contributed by atoms with Crippen LogP contribution in [-0.2, 0) is 0 Å².